The molecule has 2 atom stereocenters. The molecule has 0 aromatic carbocycles. The predicted molar refractivity (Wildman–Crippen MR) is 131 cm³/mol. The maximum absolute atomic E-state index is 12.4. The number of ether oxygens (including phenoxy) is 2. The van der Waals surface area contributed by atoms with Crippen molar-refractivity contribution >= 4 is 28.4 Å². The molecule has 0 bridgehead atoms. The molecule has 1 spiro atoms. The van der Waals surface area contributed by atoms with Crippen molar-refractivity contribution in [3.8, 4) is 5.88 Å². The van der Waals surface area contributed by atoms with Gasteiger partial charge in [0.15, 0.2) is 0 Å². The standard InChI is InChI=1S/C27H29N5O3/c1-14-27(9-10-27)23-17(25(33)34-14)7-8-21(32-23)31-22-11-18-19(12-29-22)24(35-16-5-6-16)30-13-20(18)26(2,28)15-3-4-15/h7-8,11-16H,3-6,9-10,28H2,1-2H3,(H,29,31,32)/t14-,26+/m0/s1. The first-order valence-electron chi connectivity index (χ1n) is 12.6. The van der Waals surface area contributed by atoms with Gasteiger partial charge in [-0.25, -0.2) is 19.7 Å². The average molecular weight is 472 g/mol. The zero-order valence-electron chi connectivity index (χ0n) is 20.0. The van der Waals surface area contributed by atoms with Crippen molar-refractivity contribution < 1.29 is 14.3 Å². The lowest BCUT2D eigenvalue weighted by Gasteiger charge is -2.30. The van der Waals surface area contributed by atoms with Crippen LogP contribution in [0.15, 0.2) is 30.6 Å². The number of nitrogens with one attached hydrogen (secondary N) is 1. The normalized spacial score (nSPS) is 24.0. The molecule has 0 saturated heterocycles. The third-order valence-corrected chi connectivity index (χ3v) is 8.24. The number of hydrogen-bond acceptors (Lipinski definition) is 8. The van der Waals surface area contributed by atoms with Gasteiger partial charge in [-0.2, -0.15) is 0 Å². The Labute approximate surface area is 203 Å². The lowest BCUT2D eigenvalue weighted by molar-refractivity contribution is 0.0183. The number of aromatic nitrogens is 3. The molecule has 3 aliphatic carbocycles. The number of carbonyl (C=O) groups is 1. The Bertz CT molecular complexity index is 1370. The largest absolute Gasteiger partial charge is 0.474 e. The molecule has 3 aromatic heterocycles. The fourth-order valence-electron chi connectivity index (χ4n) is 5.46. The molecule has 0 radical (unpaired) electrons. The summed E-state index contributed by atoms with van der Waals surface area (Å²) >= 11 is 0. The number of esters is 1. The number of anilines is 2. The molecule has 3 fully saturated rings. The van der Waals surface area contributed by atoms with Gasteiger partial charge in [0.2, 0.25) is 5.88 Å². The van der Waals surface area contributed by atoms with Gasteiger partial charge in [-0.1, -0.05) is 0 Å². The highest BCUT2D eigenvalue weighted by Gasteiger charge is 2.56. The molecule has 3 N–H and O–H groups in total. The van der Waals surface area contributed by atoms with Gasteiger partial charge in [0.25, 0.3) is 0 Å². The maximum atomic E-state index is 12.4. The molecule has 0 unspecified atom stereocenters. The number of nitrogens with zero attached hydrogens (tertiary/aromatic N) is 3. The first-order valence-corrected chi connectivity index (χ1v) is 12.6. The molecular formula is C27H29N5O3. The molecule has 8 heteroatoms. The molecule has 4 heterocycles. The molecular weight excluding hydrogens is 442 g/mol. The Morgan fingerprint density at radius 1 is 1.11 bits per heavy atom. The van der Waals surface area contributed by atoms with Crippen LogP contribution >= 0.6 is 0 Å². The fraction of sp³-hybridized carbons (Fsp3) is 0.481. The Kier molecular flexibility index (Phi) is 4.29. The van der Waals surface area contributed by atoms with Crippen LogP contribution in [0.1, 0.15) is 74.0 Å². The van der Waals surface area contributed by atoms with E-state index in [1.807, 2.05) is 31.5 Å². The van der Waals surface area contributed by atoms with Crippen LogP contribution in [-0.4, -0.2) is 33.1 Å². The monoisotopic (exact) mass is 471 g/mol. The number of fused-ring (bicyclic) bond motifs is 3. The first kappa shape index (κ1) is 21.1. The van der Waals surface area contributed by atoms with E-state index in [0.717, 1.165) is 60.6 Å². The van der Waals surface area contributed by atoms with Gasteiger partial charge in [0.1, 0.15) is 23.8 Å². The topological polar surface area (TPSA) is 112 Å². The van der Waals surface area contributed by atoms with Gasteiger partial charge in [0.05, 0.1) is 22.1 Å². The Hall–Kier alpha value is -3.26. The van der Waals surface area contributed by atoms with Gasteiger partial charge in [-0.05, 0) is 87.4 Å². The molecule has 0 amide bonds. The number of rotatable bonds is 6. The lowest BCUT2D eigenvalue weighted by atomic mass is 9.86. The van der Waals surface area contributed by atoms with Crippen molar-refractivity contribution in [1.82, 2.24) is 15.0 Å². The van der Waals surface area contributed by atoms with Crippen LogP contribution in [0.2, 0.25) is 0 Å². The minimum atomic E-state index is -0.471. The van der Waals surface area contributed by atoms with Crippen LogP contribution in [-0.2, 0) is 15.7 Å². The highest BCUT2D eigenvalue weighted by atomic mass is 16.5. The summed E-state index contributed by atoms with van der Waals surface area (Å²) in [6, 6.07) is 5.63. The van der Waals surface area contributed by atoms with E-state index in [9.17, 15) is 4.79 Å². The summed E-state index contributed by atoms with van der Waals surface area (Å²) < 4.78 is 11.7. The maximum Gasteiger partial charge on any atom is 0.340 e. The molecule has 8 nitrogen and oxygen atoms in total. The van der Waals surface area contributed by atoms with E-state index < -0.39 is 5.54 Å². The number of carbonyl (C=O) groups excluding carboxylic acids is 1. The highest BCUT2D eigenvalue weighted by molar-refractivity contribution is 5.94. The van der Waals surface area contributed by atoms with E-state index in [1.165, 1.54) is 0 Å². The number of pyridine rings is 3. The zero-order valence-corrected chi connectivity index (χ0v) is 20.0. The van der Waals surface area contributed by atoms with Crippen LogP contribution in [0.3, 0.4) is 0 Å². The zero-order chi connectivity index (χ0) is 23.9. The van der Waals surface area contributed by atoms with Crippen molar-refractivity contribution in [2.75, 3.05) is 5.32 Å². The van der Waals surface area contributed by atoms with Gasteiger partial charge < -0.3 is 20.5 Å². The van der Waals surface area contributed by atoms with Crippen molar-refractivity contribution in [1.29, 1.82) is 0 Å². The lowest BCUT2D eigenvalue weighted by Crippen LogP contribution is -2.36. The van der Waals surface area contributed by atoms with E-state index in [4.69, 9.17) is 20.2 Å². The van der Waals surface area contributed by atoms with Gasteiger partial charge in [-0.3, -0.25) is 0 Å². The third-order valence-electron chi connectivity index (χ3n) is 8.24. The van der Waals surface area contributed by atoms with Crippen LogP contribution in [0.25, 0.3) is 10.8 Å². The quantitative estimate of drug-likeness (QED) is 0.506. The summed E-state index contributed by atoms with van der Waals surface area (Å²) in [5.41, 5.74) is 8.62. The summed E-state index contributed by atoms with van der Waals surface area (Å²) in [4.78, 5) is 26.6. The Balaban J connectivity index is 1.28. The molecule has 35 heavy (non-hydrogen) atoms. The van der Waals surface area contributed by atoms with Crippen molar-refractivity contribution in [2.24, 2.45) is 11.7 Å². The van der Waals surface area contributed by atoms with Gasteiger partial charge in [0, 0.05) is 17.9 Å². The summed E-state index contributed by atoms with van der Waals surface area (Å²) in [6.45, 7) is 4.05. The molecule has 1 aliphatic heterocycles. The van der Waals surface area contributed by atoms with Crippen molar-refractivity contribution in [3.05, 3.63) is 47.4 Å². The van der Waals surface area contributed by atoms with E-state index in [1.54, 1.807) is 6.07 Å². The molecule has 3 saturated carbocycles. The minimum Gasteiger partial charge on any atom is -0.474 e. The van der Waals surface area contributed by atoms with E-state index >= 15 is 0 Å². The molecule has 7 rings (SSSR count). The van der Waals surface area contributed by atoms with Gasteiger partial charge in [-0.15, -0.1) is 0 Å². The van der Waals surface area contributed by atoms with E-state index in [2.05, 4.69) is 22.2 Å². The number of cyclic esters (lactones) is 1. The minimum absolute atomic E-state index is 0.155. The van der Waals surface area contributed by atoms with Crippen LogP contribution in [0.5, 0.6) is 5.88 Å². The highest BCUT2D eigenvalue weighted by Crippen LogP contribution is 2.54. The summed E-state index contributed by atoms with van der Waals surface area (Å²) in [7, 11) is 0. The smallest absolute Gasteiger partial charge is 0.340 e. The molecule has 3 aromatic rings. The van der Waals surface area contributed by atoms with Crippen LogP contribution in [0.4, 0.5) is 11.6 Å². The van der Waals surface area contributed by atoms with Crippen molar-refractivity contribution in [2.45, 2.75) is 75.5 Å². The predicted octanol–water partition coefficient (Wildman–Crippen LogP) is 4.48. The van der Waals surface area contributed by atoms with Crippen LogP contribution in [0, 0.1) is 5.92 Å². The van der Waals surface area contributed by atoms with Crippen molar-refractivity contribution in [3.63, 3.8) is 0 Å². The third kappa shape index (κ3) is 3.37. The molecule has 4 aliphatic rings. The SMILES string of the molecule is C[C@@H]1OC(=O)c2ccc(Nc3cc4c([C@](C)(N)C5CC5)cnc(OC5CC5)c4cn3)nc2C12CC2. The second kappa shape index (κ2) is 7.13. The Morgan fingerprint density at radius 3 is 2.63 bits per heavy atom. The fourth-order valence-corrected chi connectivity index (χ4v) is 5.46. The Morgan fingerprint density at radius 2 is 1.91 bits per heavy atom. The second-order valence-corrected chi connectivity index (χ2v) is 10.9. The number of nitrogens with two attached hydrogens (primary N) is 1. The van der Waals surface area contributed by atoms with Crippen LogP contribution < -0.4 is 15.8 Å². The summed E-state index contributed by atoms with van der Waals surface area (Å²) in [5, 5.41) is 5.24. The second-order valence-electron chi connectivity index (χ2n) is 10.9. The molecule has 180 valence electrons. The first-order chi connectivity index (χ1) is 16.8. The summed E-state index contributed by atoms with van der Waals surface area (Å²) in [6.07, 6.45) is 10.1. The summed E-state index contributed by atoms with van der Waals surface area (Å²) in [5.74, 6) is 2.10. The van der Waals surface area contributed by atoms with E-state index in [0.29, 0.717) is 29.0 Å². The average Bonchev–Trinajstić information content (AvgIpc) is 3.68. The van der Waals surface area contributed by atoms with Gasteiger partial charge >= 0.3 is 5.97 Å². The number of hydrogen-bond donors (Lipinski definition) is 2. The van der Waals surface area contributed by atoms with E-state index in [-0.39, 0.29) is 23.6 Å².